The van der Waals surface area contributed by atoms with Gasteiger partial charge in [-0.1, -0.05) is 31.6 Å². The first-order valence-corrected chi connectivity index (χ1v) is 9.39. The van der Waals surface area contributed by atoms with E-state index < -0.39 is 5.60 Å². The molecule has 146 valence electrons. The number of benzene rings is 2. The number of hydrogen-bond acceptors (Lipinski definition) is 5. The number of hydrogen-bond donors (Lipinski definition) is 2. The second-order valence-corrected chi connectivity index (χ2v) is 6.49. The molecule has 2 aromatic carbocycles. The molecule has 2 aromatic rings. The molecule has 0 radical (unpaired) electrons. The molecule has 0 saturated heterocycles. The summed E-state index contributed by atoms with van der Waals surface area (Å²) in [5, 5.41) is 19.8. The maximum atomic E-state index is 11.6. The molecule has 28 heavy (non-hydrogen) atoms. The third-order valence-electron chi connectivity index (χ3n) is 4.94. The molecular weight excluding hydrogens is 356 g/mol. The van der Waals surface area contributed by atoms with Gasteiger partial charge in [-0.2, -0.15) is 0 Å². The van der Waals surface area contributed by atoms with E-state index in [1.807, 2.05) is 32.9 Å². The van der Waals surface area contributed by atoms with Gasteiger partial charge in [0.15, 0.2) is 5.60 Å². The Labute approximate surface area is 164 Å². The summed E-state index contributed by atoms with van der Waals surface area (Å²) in [4.78, 5) is 11.6. The van der Waals surface area contributed by atoms with E-state index in [4.69, 9.17) is 9.47 Å². The van der Waals surface area contributed by atoms with Crippen molar-refractivity contribution in [3.63, 3.8) is 0 Å². The Morgan fingerprint density at radius 3 is 2.11 bits per heavy atom. The minimum absolute atomic E-state index is 0.0391. The van der Waals surface area contributed by atoms with Gasteiger partial charge in [0.05, 0.1) is 0 Å². The average Bonchev–Trinajstić information content (AvgIpc) is 2.69. The van der Waals surface area contributed by atoms with Crippen LogP contribution in [0.2, 0.25) is 0 Å². The fourth-order valence-corrected chi connectivity index (χ4v) is 3.78. The molecule has 0 unspecified atom stereocenters. The van der Waals surface area contributed by atoms with E-state index in [-0.39, 0.29) is 11.5 Å². The smallest absolute Gasteiger partial charge is 0.294 e. The highest BCUT2D eigenvalue weighted by atomic mass is 16.5. The van der Waals surface area contributed by atoms with Crippen molar-refractivity contribution in [2.45, 2.75) is 39.2 Å². The van der Waals surface area contributed by atoms with Crippen molar-refractivity contribution >= 4 is 6.47 Å². The number of carbonyl (C=O) groups excluding carboxylic acids is 1. The molecular formula is C23H24O5. The largest absolute Gasteiger partial charge is 0.508 e. The van der Waals surface area contributed by atoms with Crippen molar-refractivity contribution in [3.05, 3.63) is 70.8 Å². The van der Waals surface area contributed by atoms with Gasteiger partial charge >= 0.3 is 0 Å². The Bertz CT molecular complexity index is 904. The number of ether oxygens (including phenoxy) is 2. The van der Waals surface area contributed by atoms with Crippen molar-refractivity contribution in [3.8, 4) is 23.0 Å². The molecule has 5 nitrogen and oxygen atoms in total. The van der Waals surface area contributed by atoms with Crippen LogP contribution in [0.25, 0.3) is 0 Å². The third kappa shape index (κ3) is 3.03. The van der Waals surface area contributed by atoms with Crippen LogP contribution >= 0.6 is 0 Å². The van der Waals surface area contributed by atoms with Gasteiger partial charge in [-0.3, -0.25) is 4.79 Å². The predicted molar refractivity (Wildman–Crippen MR) is 107 cm³/mol. The number of rotatable bonds is 3. The van der Waals surface area contributed by atoms with Gasteiger partial charge in [0.1, 0.15) is 23.0 Å². The van der Waals surface area contributed by atoms with E-state index >= 15 is 0 Å². The molecule has 5 heteroatoms. The van der Waals surface area contributed by atoms with E-state index in [0.29, 0.717) is 29.1 Å². The molecule has 0 bridgehead atoms. The highest BCUT2D eigenvalue weighted by Crippen LogP contribution is 2.55. The Morgan fingerprint density at radius 2 is 1.61 bits per heavy atom. The number of allylic oxidation sites excluding steroid dienone is 2. The van der Waals surface area contributed by atoms with E-state index in [9.17, 15) is 15.0 Å². The predicted octanol–water partition coefficient (Wildman–Crippen LogP) is 5.31. The number of phenols is 2. The Hall–Kier alpha value is -3.21. The molecule has 0 atom stereocenters. The molecule has 1 aliphatic carbocycles. The fraction of sp³-hybridized carbons (Fsp3) is 0.261. The molecule has 2 N–H and O–H groups in total. The van der Waals surface area contributed by atoms with Crippen molar-refractivity contribution in [2.75, 3.05) is 0 Å². The van der Waals surface area contributed by atoms with Crippen LogP contribution in [0.1, 0.15) is 44.7 Å². The Morgan fingerprint density at radius 1 is 1.04 bits per heavy atom. The van der Waals surface area contributed by atoms with E-state index in [1.54, 1.807) is 24.3 Å². The van der Waals surface area contributed by atoms with Gasteiger partial charge in [-0.15, -0.1) is 0 Å². The van der Waals surface area contributed by atoms with Gasteiger partial charge < -0.3 is 19.7 Å². The molecule has 0 amide bonds. The number of carbonyl (C=O) groups is 1. The number of fused-ring (bicyclic) bond motifs is 2. The lowest BCUT2D eigenvalue weighted by Crippen LogP contribution is -2.37. The fourth-order valence-electron chi connectivity index (χ4n) is 3.78. The van der Waals surface area contributed by atoms with Gasteiger partial charge in [0, 0.05) is 28.8 Å². The molecule has 0 fully saturated rings. The topological polar surface area (TPSA) is 76.0 Å². The van der Waals surface area contributed by atoms with Crippen LogP contribution in [0.15, 0.2) is 59.7 Å². The first kappa shape index (κ1) is 19.5. The second kappa shape index (κ2) is 7.80. The van der Waals surface area contributed by atoms with Crippen molar-refractivity contribution < 1.29 is 24.5 Å². The molecule has 1 aliphatic heterocycles. The summed E-state index contributed by atoms with van der Waals surface area (Å²) >= 11 is 0. The van der Waals surface area contributed by atoms with E-state index in [0.717, 1.165) is 24.0 Å². The van der Waals surface area contributed by atoms with E-state index in [1.165, 1.54) is 12.1 Å². The van der Waals surface area contributed by atoms with Gasteiger partial charge in [0.2, 0.25) is 0 Å². The van der Waals surface area contributed by atoms with Crippen LogP contribution in [-0.2, 0) is 15.1 Å². The zero-order chi connectivity index (χ0) is 20.3. The minimum atomic E-state index is -1.20. The summed E-state index contributed by atoms with van der Waals surface area (Å²) in [5.41, 5.74) is 2.02. The van der Waals surface area contributed by atoms with Crippen molar-refractivity contribution in [2.24, 2.45) is 0 Å². The molecule has 2 aliphatic rings. The van der Waals surface area contributed by atoms with Crippen molar-refractivity contribution in [1.29, 1.82) is 0 Å². The SMILES string of the molecule is CC.CC1=C(C2(OC=O)c3ccc(O)cc3Oc3cc(O)ccc32)C=CCC1. The van der Waals surface area contributed by atoms with Gasteiger partial charge in [-0.05, 0) is 44.0 Å². The van der Waals surface area contributed by atoms with Crippen LogP contribution < -0.4 is 4.74 Å². The zero-order valence-electron chi connectivity index (χ0n) is 16.2. The van der Waals surface area contributed by atoms with Crippen molar-refractivity contribution in [1.82, 2.24) is 0 Å². The quantitative estimate of drug-likeness (QED) is 0.706. The molecule has 4 rings (SSSR count). The third-order valence-corrected chi connectivity index (χ3v) is 4.94. The van der Waals surface area contributed by atoms with Crippen LogP contribution in [0.3, 0.4) is 0 Å². The normalized spacial score (nSPS) is 16.1. The first-order chi connectivity index (χ1) is 13.6. The Balaban J connectivity index is 0.00000109. The lowest BCUT2D eigenvalue weighted by molar-refractivity contribution is -0.138. The summed E-state index contributed by atoms with van der Waals surface area (Å²) in [6.07, 6.45) is 5.81. The molecule has 0 aromatic heterocycles. The summed E-state index contributed by atoms with van der Waals surface area (Å²) < 4.78 is 11.7. The standard InChI is InChI=1S/C21H18O5.C2H6/c1-13-4-2-3-5-16(13)21(25-12-22)17-8-6-14(23)10-19(17)26-20-11-15(24)7-9-18(20)21;1-2/h3,5-12,23-24H,2,4H2,1H3;1-2H3. The summed E-state index contributed by atoms with van der Waals surface area (Å²) in [7, 11) is 0. The molecule has 1 heterocycles. The summed E-state index contributed by atoms with van der Waals surface area (Å²) in [5.74, 6) is 0.836. The lowest BCUT2D eigenvalue weighted by atomic mass is 9.74. The summed E-state index contributed by atoms with van der Waals surface area (Å²) in [6.45, 7) is 6.45. The maximum absolute atomic E-state index is 11.6. The minimum Gasteiger partial charge on any atom is -0.508 e. The van der Waals surface area contributed by atoms with Crippen LogP contribution in [0.5, 0.6) is 23.0 Å². The zero-order valence-corrected chi connectivity index (χ0v) is 16.2. The molecule has 0 saturated carbocycles. The number of aromatic hydroxyl groups is 2. The van der Waals surface area contributed by atoms with Crippen LogP contribution in [-0.4, -0.2) is 16.7 Å². The highest BCUT2D eigenvalue weighted by molar-refractivity contribution is 5.67. The second-order valence-electron chi connectivity index (χ2n) is 6.49. The van der Waals surface area contributed by atoms with Gasteiger partial charge in [-0.25, -0.2) is 0 Å². The average molecular weight is 380 g/mol. The maximum Gasteiger partial charge on any atom is 0.294 e. The number of phenolic OH excluding ortho intramolecular Hbond substituents is 2. The van der Waals surface area contributed by atoms with Crippen LogP contribution in [0, 0.1) is 0 Å². The lowest BCUT2D eigenvalue weighted by Gasteiger charge is -2.41. The summed E-state index contributed by atoms with van der Waals surface area (Å²) in [6, 6.07) is 9.44. The highest BCUT2D eigenvalue weighted by Gasteiger charge is 2.48. The van der Waals surface area contributed by atoms with E-state index in [2.05, 4.69) is 0 Å². The van der Waals surface area contributed by atoms with Gasteiger partial charge in [0.25, 0.3) is 6.47 Å². The Kier molecular flexibility index (Phi) is 5.45. The van der Waals surface area contributed by atoms with Crippen LogP contribution in [0.4, 0.5) is 0 Å². The molecule has 0 spiro atoms. The monoisotopic (exact) mass is 380 g/mol. The first-order valence-electron chi connectivity index (χ1n) is 9.39.